The fourth-order valence-electron chi connectivity index (χ4n) is 1.68. The number of hydrogen-bond donors (Lipinski definition) is 2. The minimum Gasteiger partial charge on any atom is -0.399 e. The quantitative estimate of drug-likeness (QED) is 0.579. The van der Waals surface area contributed by atoms with E-state index in [9.17, 15) is 9.59 Å². The Morgan fingerprint density at radius 2 is 2.10 bits per heavy atom. The SMILES string of the molecule is COCCCNC(=O)CN(C)C(=O)c1cccc(N)c1.Cl. The van der Waals surface area contributed by atoms with Crippen molar-refractivity contribution in [1.29, 1.82) is 0 Å². The minimum absolute atomic E-state index is 0. The number of likely N-dealkylation sites (N-methyl/N-ethyl adjacent to an activating group) is 1. The van der Waals surface area contributed by atoms with Crippen LogP contribution in [0.3, 0.4) is 0 Å². The number of nitrogens with zero attached hydrogens (tertiary/aromatic N) is 1. The van der Waals surface area contributed by atoms with Gasteiger partial charge in [0.2, 0.25) is 5.91 Å². The Balaban J connectivity index is 0.00000400. The molecule has 2 amide bonds. The van der Waals surface area contributed by atoms with E-state index < -0.39 is 0 Å². The van der Waals surface area contributed by atoms with Crippen molar-refractivity contribution in [2.75, 3.05) is 39.6 Å². The van der Waals surface area contributed by atoms with Gasteiger partial charge < -0.3 is 20.7 Å². The number of anilines is 1. The zero-order valence-corrected chi connectivity index (χ0v) is 13.1. The second kappa shape index (κ2) is 10.0. The fraction of sp³-hybridized carbons (Fsp3) is 0.429. The number of hydrogen-bond acceptors (Lipinski definition) is 4. The average Bonchev–Trinajstić information content (AvgIpc) is 2.42. The Bertz CT molecular complexity index is 469. The van der Waals surface area contributed by atoms with Gasteiger partial charge in [-0.2, -0.15) is 0 Å². The van der Waals surface area contributed by atoms with Crippen LogP contribution in [0.5, 0.6) is 0 Å². The Labute approximate surface area is 131 Å². The number of nitrogens with two attached hydrogens (primary N) is 1. The Morgan fingerprint density at radius 1 is 1.38 bits per heavy atom. The molecule has 118 valence electrons. The van der Waals surface area contributed by atoms with Gasteiger partial charge in [0.15, 0.2) is 0 Å². The molecule has 0 fully saturated rings. The van der Waals surface area contributed by atoms with Gasteiger partial charge in [0.25, 0.3) is 5.91 Å². The molecule has 0 radical (unpaired) electrons. The molecular formula is C14H22ClN3O3. The zero-order chi connectivity index (χ0) is 15.0. The van der Waals surface area contributed by atoms with Gasteiger partial charge in [-0.25, -0.2) is 0 Å². The molecule has 0 spiro atoms. The summed E-state index contributed by atoms with van der Waals surface area (Å²) in [6, 6.07) is 6.68. The molecule has 1 aromatic carbocycles. The predicted molar refractivity (Wildman–Crippen MR) is 84.6 cm³/mol. The van der Waals surface area contributed by atoms with E-state index in [1.54, 1.807) is 38.4 Å². The summed E-state index contributed by atoms with van der Waals surface area (Å²) in [5.41, 5.74) is 6.62. The van der Waals surface area contributed by atoms with Gasteiger partial charge in [-0.1, -0.05) is 6.07 Å². The second-order valence-corrected chi connectivity index (χ2v) is 4.48. The Morgan fingerprint density at radius 3 is 2.71 bits per heavy atom. The molecule has 3 N–H and O–H groups in total. The van der Waals surface area contributed by atoms with Crippen LogP contribution in [-0.4, -0.2) is 50.6 Å². The third kappa shape index (κ3) is 6.97. The number of carbonyl (C=O) groups excluding carboxylic acids is 2. The van der Waals surface area contributed by atoms with Crippen LogP contribution in [0, 0.1) is 0 Å². The molecule has 0 aliphatic carbocycles. The molecule has 0 heterocycles. The summed E-state index contributed by atoms with van der Waals surface area (Å²) < 4.78 is 4.88. The number of benzene rings is 1. The van der Waals surface area contributed by atoms with Crippen LogP contribution in [-0.2, 0) is 9.53 Å². The lowest BCUT2D eigenvalue weighted by Crippen LogP contribution is -2.38. The summed E-state index contributed by atoms with van der Waals surface area (Å²) in [5.74, 6) is -0.426. The smallest absolute Gasteiger partial charge is 0.254 e. The van der Waals surface area contributed by atoms with Crippen molar-refractivity contribution in [1.82, 2.24) is 10.2 Å². The number of methoxy groups -OCH3 is 1. The molecule has 0 aliphatic heterocycles. The highest BCUT2D eigenvalue weighted by Gasteiger charge is 2.14. The lowest BCUT2D eigenvalue weighted by Gasteiger charge is -2.17. The van der Waals surface area contributed by atoms with Crippen molar-refractivity contribution in [3.05, 3.63) is 29.8 Å². The van der Waals surface area contributed by atoms with Crippen LogP contribution < -0.4 is 11.1 Å². The van der Waals surface area contributed by atoms with E-state index in [0.29, 0.717) is 24.4 Å². The van der Waals surface area contributed by atoms with Crippen molar-refractivity contribution in [2.45, 2.75) is 6.42 Å². The molecule has 0 saturated carbocycles. The van der Waals surface area contributed by atoms with Crippen molar-refractivity contribution >= 4 is 29.9 Å². The topological polar surface area (TPSA) is 84.7 Å². The molecule has 0 saturated heterocycles. The monoisotopic (exact) mass is 315 g/mol. The Kier molecular flexibility index (Phi) is 9.16. The number of halogens is 1. The molecule has 6 nitrogen and oxygen atoms in total. The van der Waals surface area contributed by atoms with E-state index in [1.807, 2.05) is 0 Å². The van der Waals surface area contributed by atoms with Crippen molar-refractivity contribution in [3.8, 4) is 0 Å². The molecular weight excluding hydrogens is 294 g/mol. The molecule has 1 aromatic rings. The first-order chi connectivity index (χ1) is 9.54. The number of ether oxygens (including phenoxy) is 1. The van der Waals surface area contributed by atoms with E-state index in [2.05, 4.69) is 5.32 Å². The molecule has 0 bridgehead atoms. The molecule has 7 heteroatoms. The fourth-order valence-corrected chi connectivity index (χ4v) is 1.68. The summed E-state index contributed by atoms with van der Waals surface area (Å²) >= 11 is 0. The van der Waals surface area contributed by atoms with E-state index in [4.69, 9.17) is 10.5 Å². The second-order valence-electron chi connectivity index (χ2n) is 4.48. The zero-order valence-electron chi connectivity index (χ0n) is 12.3. The summed E-state index contributed by atoms with van der Waals surface area (Å²) in [5, 5.41) is 2.73. The van der Waals surface area contributed by atoms with Crippen LogP contribution in [0.1, 0.15) is 16.8 Å². The number of nitrogens with one attached hydrogen (secondary N) is 1. The van der Waals surface area contributed by atoms with Crippen LogP contribution in [0.25, 0.3) is 0 Å². The maximum atomic E-state index is 12.1. The van der Waals surface area contributed by atoms with Crippen LogP contribution >= 0.6 is 12.4 Å². The van der Waals surface area contributed by atoms with Gasteiger partial charge in [-0.05, 0) is 24.6 Å². The van der Waals surface area contributed by atoms with Crippen LogP contribution in [0.4, 0.5) is 5.69 Å². The maximum absolute atomic E-state index is 12.1. The Hall–Kier alpha value is -1.79. The molecule has 0 aromatic heterocycles. The first kappa shape index (κ1) is 19.2. The molecule has 1 rings (SSSR count). The van der Waals surface area contributed by atoms with E-state index in [0.717, 1.165) is 6.42 Å². The first-order valence-electron chi connectivity index (χ1n) is 6.41. The van der Waals surface area contributed by atoms with Gasteiger partial charge in [0.05, 0.1) is 6.54 Å². The van der Waals surface area contributed by atoms with Crippen LogP contribution in [0.15, 0.2) is 24.3 Å². The highest BCUT2D eigenvalue weighted by atomic mass is 35.5. The normalized spacial score (nSPS) is 9.62. The van der Waals surface area contributed by atoms with Gasteiger partial charge >= 0.3 is 0 Å². The summed E-state index contributed by atoms with van der Waals surface area (Å²) in [6.45, 7) is 1.14. The van der Waals surface area contributed by atoms with Crippen LogP contribution in [0.2, 0.25) is 0 Å². The van der Waals surface area contributed by atoms with Crippen molar-refractivity contribution in [2.24, 2.45) is 0 Å². The predicted octanol–water partition coefficient (Wildman–Crippen LogP) is 0.915. The van der Waals surface area contributed by atoms with Crippen molar-refractivity contribution < 1.29 is 14.3 Å². The number of carbonyl (C=O) groups is 2. The summed E-state index contributed by atoms with van der Waals surface area (Å²) in [6.07, 6.45) is 0.745. The van der Waals surface area contributed by atoms with Gasteiger partial charge in [0, 0.05) is 38.6 Å². The van der Waals surface area contributed by atoms with E-state index >= 15 is 0 Å². The summed E-state index contributed by atoms with van der Waals surface area (Å²) in [7, 11) is 3.19. The largest absolute Gasteiger partial charge is 0.399 e. The standard InChI is InChI=1S/C14H21N3O3.ClH/c1-17(10-13(18)16-7-4-8-20-2)14(19)11-5-3-6-12(15)9-11;/h3,5-6,9H,4,7-8,10,15H2,1-2H3,(H,16,18);1H. The highest BCUT2D eigenvalue weighted by molar-refractivity contribution is 5.97. The molecule has 21 heavy (non-hydrogen) atoms. The van der Waals surface area contributed by atoms with E-state index in [-0.39, 0.29) is 30.8 Å². The highest BCUT2D eigenvalue weighted by Crippen LogP contribution is 2.08. The molecule has 0 aliphatic rings. The van der Waals surface area contributed by atoms with Crippen molar-refractivity contribution in [3.63, 3.8) is 0 Å². The number of amides is 2. The average molecular weight is 316 g/mol. The minimum atomic E-state index is -0.232. The lowest BCUT2D eigenvalue weighted by atomic mass is 10.2. The van der Waals surface area contributed by atoms with Gasteiger partial charge in [-0.15, -0.1) is 12.4 Å². The third-order valence-corrected chi connectivity index (χ3v) is 2.71. The third-order valence-electron chi connectivity index (χ3n) is 2.71. The first-order valence-corrected chi connectivity index (χ1v) is 6.41. The van der Waals surface area contributed by atoms with Gasteiger partial charge in [-0.3, -0.25) is 9.59 Å². The number of nitrogen functional groups attached to an aromatic ring is 1. The van der Waals surface area contributed by atoms with E-state index in [1.165, 1.54) is 4.90 Å². The summed E-state index contributed by atoms with van der Waals surface area (Å²) in [4.78, 5) is 25.1. The number of rotatable bonds is 7. The maximum Gasteiger partial charge on any atom is 0.254 e. The molecule has 0 unspecified atom stereocenters. The lowest BCUT2D eigenvalue weighted by molar-refractivity contribution is -0.121. The van der Waals surface area contributed by atoms with Gasteiger partial charge in [0.1, 0.15) is 0 Å². The molecule has 0 atom stereocenters.